The fourth-order valence-electron chi connectivity index (χ4n) is 3.77. The van der Waals surface area contributed by atoms with E-state index in [9.17, 15) is 16.8 Å². The summed E-state index contributed by atoms with van der Waals surface area (Å²) in [5.41, 5.74) is 11.4. The van der Waals surface area contributed by atoms with Gasteiger partial charge in [-0.25, -0.2) is 36.7 Å². The molecule has 0 aliphatic carbocycles. The number of nitrogens with one attached hydrogen (secondary N) is 1. The van der Waals surface area contributed by atoms with Crippen LogP contribution < -0.4 is 26.2 Å². The van der Waals surface area contributed by atoms with E-state index in [1.807, 2.05) is 4.57 Å². The average Bonchev–Trinajstić information content (AvgIpc) is 3.47. The molecule has 0 fully saturated rings. The molecule has 4 rings (SSSR count). The fraction of sp³-hybridized carbons (Fsp3) is 0.412. The Labute approximate surface area is 190 Å². The second-order valence-electron chi connectivity index (χ2n) is 7.41. The van der Waals surface area contributed by atoms with Crippen LogP contribution in [0.4, 0.5) is 11.6 Å². The van der Waals surface area contributed by atoms with Crippen LogP contribution in [0.1, 0.15) is 12.0 Å². The van der Waals surface area contributed by atoms with Crippen LogP contribution >= 0.6 is 0 Å². The van der Waals surface area contributed by atoms with E-state index in [0.717, 1.165) is 13.0 Å². The number of nitrogens with two attached hydrogens (primary N) is 3. The SMILES string of the molecule is NCC(CN)NS(=O)(=O)c1ccc(N2CCCn3ccnc32)c(C2=NCN=N2)c1S(N)(=O)=O. The van der Waals surface area contributed by atoms with Gasteiger partial charge in [0.25, 0.3) is 0 Å². The zero-order valence-corrected chi connectivity index (χ0v) is 19.1. The van der Waals surface area contributed by atoms with Crippen molar-refractivity contribution in [2.75, 3.05) is 31.2 Å². The molecule has 2 aliphatic rings. The largest absolute Gasteiger partial charge is 0.329 e. The van der Waals surface area contributed by atoms with E-state index in [2.05, 4.69) is 24.9 Å². The van der Waals surface area contributed by atoms with Gasteiger partial charge in [0.1, 0.15) is 9.79 Å². The Morgan fingerprint density at radius 1 is 1.12 bits per heavy atom. The highest BCUT2D eigenvalue weighted by atomic mass is 32.2. The predicted molar refractivity (Wildman–Crippen MR) is 120 cm³/mol. The van der Waals surface area contributed by atoms with Crippen molar-refractivity contribution in [2.45, 2.75) is 28.8 Å². The van der Waals surface area contributed by atoms with Gasteiger partial charge in [0.15, 0.2) is 12.5 Å². The minimum atomic E-state index is -4.58. The lowest BCUT2D eigenvalue weighted by molar-refractivity contribution is 0.548. The summed E-state index contributed by atoms with van der Waals surface area (Å²) in [6.07, 6.45) is 4.18. The number of nitrogens with zero attached hydrogens (tertiary/aromatic N) is 6. The van der Waals surface area contributed by atoms with Crippen molar-refractivity contribution in [2.24, 2.45) is 31.8 Å². The Morgan fingerprint density at radius 3 is 2.52 bits per heavy atom. The van der Waals surface area contributed by atoms with Gasteiger partial charge < -0.3 is 20.9 Å². The molecule has 16 heteroatoms. The van der Waals surface area contributed by atoms with Crippen LogP contribution in [-0.4, -0.2) is 64.6 Å². The molecular weight excluding hydrogens is 472 g/mol. The van der Waals surface area contributed by atoms with Gasteiger partial charge in [0.2, 0.25) is 26.0 Å². The van der Waals surface area contributed by atoms with Gasteiger partial charge in [-0.2, -0.15) is 5.11 Å². The van der Waals surface area contributed by atoms with Crippen LogP contribution in [0.5, 0.6) is 0 Å². The van der Waals surface area contributed by atoms with Crippen LogP contribution in [0, 0.1) is 0 Å². The van der Waals surface area contributed by atoms with E-state index in [1.54, 1.807) is 17.3 Å². The Hall–Kier alpha value is -2.76. The number of hydrogen-bond donors (Lipinski definition) is 4. The quantitative estimate of drug-likeness (QED) is 0.347. The average molecular weight is 497 g/mol. The first-order chi connectivity index (χ1) is 15.7. The number of hydrogen-bond acceptors (Lipinski definition) is 11. The first-order valence-electron chi connectivity index (χ1n) is 10.0. The lowest BCUT2D eigenvalue weighted by atomic mass is 10.1. The van der Waals surface area contributed by atoms with E-state index in [4.69, 9.17) is 16.6 Å². The highest BCUT2D eigenvalue weighted by molar-refractivity contribution is 7.92. The molecule has 0 bridgehead atoms. The maximum Gasteiger partial charge on any atom is 0.242 e. The van der Waals surface area contributed by atoms with Crippen molar-refractivity contribution in [1.82, 2.24) is 14.3 Å². The number of fused-ring (bicyclic) bond motifs is 1. The first-order valence-corrected chi connectivity index (χ1v) is 13.0. The summed E-state index contributed by atoms with van der Waals surface area (Å²) >= 11 is 0. The van der Waals surface area contributed by atoms with Gasteiger partial charge in [-0.1, -0.05) is 0 Å². The lowest BCUT2D eigenvalue weighted by Crippen LogP contribution is -2.45. The molecule has 0 unspecified atom stereocenters. The maximum absolute atomic E-state index is 13.2. The van der Waals surface area contributed by atoms with Crippen LogP contribution in [0.3, 0.4) is 0 Å². The predicted octanol–water partition coefficient (Wildman–Crippen LogP) is -1.19. The summed E-state index contributed by atoms with van der Waals surface area (Å²) in [6.45, 7) is 1.06. The topological polar surface area (TPSA) is 217 Å². The van der Waals surface area contributed by atoms with Crippen molar-refractivity contribution in [1.29, 1.82) is 0 Å². The van der Waals surface area contributed by atoms with Gasteiger partial charge >= 0.3 is 0 Å². The summed E-state index contributed by atoms with van der Waals surface area (Å²) in [5.74, 6) is 0.530. The minimum Gasteiger partial charge on any atom is -0.329 e. The van der Waals surface area contributed by atoms with Crippen molar-refractivity contribution < 1.29 is 16.8 Å². The molecule has 1 aromatic heterocycles. The molecule has 0 saturated carbocycles. The highest BCUT2D eigenvalue weighted by Crippen LogP contribution is 2.38. The van der Waals surface area contributed by atoms with E-state index < -0.39 is 35.9 Å². The standard InChI is InChI=1S/C17H24N10O4S2/c18-8-11(9-19)25-33(30,31)13-3-2-12(27-6-1-5-26-7-4-21-17(26)27)14(15(13)32(20,28)29)16-22-10-23-24-16/h2-4,7,11,25H,1,5-6,8-10,18-19H2,(H2,20,28,29). The summed E-state index contributed by atoms with van der Waals surface area (Å²) in [5, 5.41) is 13.3. The third-order valence-electron chi connectivity index (χ3n) is 5.24. The number of imidazole rings is 1. The smallest absolute Gasteiger partial charge is 0.242 e. The first kappa shape index (κ1) is 23.4. The zero-order chi connectivity index (χ0) is 23.8. The molecule has 0 atom stereocenters. The van der Waals surface area contributed by atoms with E-state index in [-0.39, 0.29) is 31.2 Å². The summed E-state index contributed by atoms with van der Waals surface area (Å²) in [4.78, 5) is 9.10. The number of aliphatic imine (C=N–C) groups is 1. The number of primary sulfonamides is 1. The fourth-order valence-corrected chi connectivity index (χ4v) is 6.63. The molecule has 0 spiro atoms. The number of aryl methyl sites for hydroxylation is 1. The number of anilines is 2. The summed E-state index contributed by atoms with van der Waals surface area (Å²) < 4.78 is 56.2. The number of amidine groups is 1. The van der Waals surface area contributed by atoms with Crippen molar-refractivity contribution in [3.05, 3.63) is 30.1 Å². The van der Waals surface area contributed by atoms with E-state index in [0.29, 0.717) is 18.2 Å². The monoisotopic (exact) mass is 496 g/mol. The van der Waals surface area contributed by atoms with Gasteiger partial charge in [-0.3, -0.25) is 0 Å². The minimum absolute atomic E-state index is 0.0227. The van der Waals surface area contributed by atoms with Gasteiger partial charge in [-0.05, 0) is 18.6 Å². The molecule has 14 nitrogen and oxygen atoms in total. The van der Waals surface area contributed by atoms with Crippen molar-refractivity contribution in [3.63, 3.8) is 0 Å². The second-order valence-corrected chi connectivity index (χ2v) is 10.6. The number of aromatic nitrogens is 2. The number of rotatable bonds is 8. The number of azo groups is 1. The third kappa shape index (κ3) is 4.40. The molecule has 7 N–H and O–H groups in total. The highest BCUT2D eigenvalue weighted by Gasteiger charge is 2.35. The second kappa shape index (κ2) is 8.88. The van der Waals surface area contributed by atoms with Crippen molar-refractivity contribution in [3.8, 4) is 0 Å². The van der Waals surface area contributed by atoms with Gasteiger partial charge in [0.05, 0.1) is 11.3 Å². The number of benzene rings is 1. The van der Waals surface area contributed by atoms with Crippen molar-refractivity contribution >= 4 is 37.5 Å². The van der Waals surface area contributed by atoms with E-state index >= 15 is 0 Å². The molecule has 0 radical (unpaired) electrons. The Bertz CT molecular complexity index is 1330. The number of sulfonamides is 2. The maximum atomic E-state index is 13.2. The zero-order valence-electron chi connectivity index (χ0n) is 17.5. The molecule has 0 saturated heterocycles. The Morgan fingerprint density at radius 2 is 1.88 bits per heavy atom. The lowest BCUT2D eigenvalue weighted by Gasteiger charge is -2.31. The molecule has 33 heavy (non-hydrogen) atoms. The molecular formula is C17H24N10O4S2. The molecule has 3 heterocycles. The Balaban J connectivity index is 2.00. The van der Waals surface area contributed by atoms with Crippen LogP contribution in [0.15, 0.2) is 49.5 Å². The van der Waals surface area contributed by atoms with E-state index in [1.165, 1.54) is 12.1 Å². The van der Waals surface area contributed by atoms with Gasteiger partial charge in [-0.15, -0.1) is 5.11 Å². The summed E-state index contributed by atoms with van der Waals surface area (Å²) in [7, 11) is -8.96. The summed E-state index contributed by atoms with van der Waals surface area (Å²) in [6, 6.07) is 1.86. The third-order valence-corrected chi connectivity index (χ3v) is 7.93. The molecule has 178 valence electrons. The van der Waals surface area contributed by atoms with Crippen LogP contribution in [-0.2, 0) is 26.6 Å². The van der Waals surface area contributed by atoms with Gasteiger partial charge in [0, 0.05) is 44.6 Å². The molecule has 2 aromatic rings. The molecule has 1 aromatic carbocycles. The molecule has 0 amide bonds. The van der Waals surface area contributed by atoms with Crippen LogP contribution in [0.25, 0.3) is 0 Å². The van der Waals surface area contributed by atoms with Crippen LogP contribution in [0.2, 0.25) is 0 Å². The normalized spacial score (nSPS) is 16.4. The Kier molecular flexibility index (Phi) is 6.30. The molecule has 2 aliphatic heterocycles.